The van der Waals surface area contributed by atoms with Crippen molar-refractivity contribution in [2.24, 2.45) is 4.99 Å². The molecule has 2 amide bonds. The lowest BCUT2D eigenvalue weighted by molar-refractivity contribution is 0.259. The Morgan fingerprint density at radius 2 is 2.26 bits per heavy atom. The zero-order valence-electron chi connectivity index (χ0n) is 11.9. The first-order valence-corrected chi connectivity index (χ1v) is 6.80. The summed E-state index contributed by atoms with van der Waals surface area (Å²) in [5.41, 5.74) is 3.13. The number of carbonyl (C=O) groups is 1. The van der Waals surface area contributed by atoms with E-state index in [1.165, 1.54) is 0 Å². The van der Waals surface area contributed by atoms with Crippen molar-refractivity contribution in [2.45, 2.75) is 33.1 Å². The molecule has 102 valence electrons. The van der Waals surface area contributed by atoms with Crippen LogP contribution in [0.4, 0.5) is 10.5 Å². The van der Waals surface area contributed by atoms with Crippen LogP contribution < -0.4 is 5.32 Å². The highest BCUT2D eigenvalue weighted by atomic mass is 16.2. The number of anilines is 1. The number of hydrogen-bond acceptors (Lipinski definition) is 1. The number of aryl methyl sites for hydroxylation is 2. The largest absolute Gasteiger partial charge is 0.363 e. The number of aliphatic imine (C=N–C) groups is 1. The highest BCUT2D eigenvalue weighted by Gasteiger charge is 2.16. The van der Waals surface area contributed by atoms with Crippen molar-refractivity contribution < 1.29 is 4.79 Å². The third-order valence-electron chi connectivity index (χ3n) is 3.54. The van der Waals surface area contributed by atoms with Crippen LogP contribution in [0.2, 0.25) is 0 Å². The van der Waals surface area contributed by atoms with E-state index in [0.717, 1.165) is 48.5 Å². The molecule has 1 aliphatic heterocycles. The molecule has 0 radical (unpaired) electrons. The predicted molar refractivity (Wildman–Crippen MR) is 78.9 cm³/mol. The highest BCUT2D eigenvalue weighted by Crippen LogP contribution is 2.21. The summed E-state index contributed by atoms with van der Waals surface area (Å²) in [5.74, 6) is 0.879. The average Bonchev–Trinajstić information content (AvgIpc) is 2.77. The number of benzene rings is 1. The number of carbonyl (C=O) groups excluding carboxylic acids is 1. The molecule has 1 saturated heterocycles. The number of urea groups is 1. The van der Waals surface area contributed by atoms with Gasteiger partial charge in [0.05, 0.1) is 0 Å². The maximum absolute atomic E-state index is 12.0. The molecule has 1 aliphatic rings. The van der Waals surface area contributed by atoms with Crippen molar-refractivity contribution >= 4 is 17.6 Å². The molecule has 19 heavy (non-hydrogen) atoms. The fourth-order valence-electron chi connectivity index (χ4n) is 2.39. The number of hydrogen-bond donors (Lipinski definition) is 1. The maximum atomic E-state index is 12.0. The average molecular weight is 259 g/mol. The minimum absolute atomic E-state index is 0.271. The smallest absolute Gasteiger partial charge is 0.347 e. The molecule has 0 bridgehead atoms. The van der Waals surface area contributed by atoms with E-state index >= 15 is 0 Å². The van der Waals surface area contributed by atoms with Crippen molar-refractivity contribution in [1.29, 1.82) is 0 Å². The van der Waals surface area contributed by atoms with E-state index in [4.69, 9.17) is 0 Å². The highest BCUT2D eigenvalue weighted by molar-refractivity contribution is 6.01. The van der Waals surface area contributed by atoms with Gasteiger partial charge in [-0.1, -0.05) is 25.1 Å². The topological polar surface area (TPSA) is 44.7 Å². The van der Waals surface area contributed by atoms with Crippen LogP contribution in [0, 0.1) is 6.92 Å². The third-order valence-corrected chi connectivity index (χ3v) is 3.54. The Morgan fingerprint density at radius 3 is 2.89 bits per heavy atom. The molecule has 1 fully saturated rings. The third kappa shape index (κ3) is 3.13. The SMILES string of the molecule is CCc1cccc(C)c1NC(=O)N=C1CCCN1C. The van der Waals surface area contributed by atoms with E-state index in [0.29, 0.717) is 0 Å². The van der Waals surface area contributed by atoms with Crippen LogP contribution in [0.1, 0.15) is 30.9 Å². The summed E-state index contributed by atoms with van der Waals surface area (Å²) < 4.78 is 0. The Morgan fingerprint density at radius 1 is 1.47 bits per heavy atom. The second kappa shape index (κ2) is 5.87. The van der Waals surface area contributed by atoms with Gasteiger partial charge in [-0.25, -0.2) is 4.79 Å². The number of likely N-dealkylation sites (tertiary alicyclic amines) is 1. The number of rotatable bonds is 2. The lowest BCUT2D eigenvalue weighted by Crippen LogP contribution is -2.22. The van der Waals surface area contributed by atoms with Crippen molar-refractivity contribution in [3.63, 3.8) is 0 Å². The van der Waals surface area contributed by atoms with Gasteiger partial charge in [-0.05, 0) is 30.9 Å². The summed E-state index contributed by atoms with van der Waals surface area (Å²) in [4.78, 5) is 18.2. The summed E-state index contributed by atoms with van der Waals surface area (Å²) >= 11 is 0. The molecule has 1 aromatic rings. The van der Waals surface area contributed by atoms with Gasteiger partial charge in [0.1, 0.15) is 5.84 Å². The summed E-state index contributed by atoms with van der Waals surface area (Å²) in [6.07, 6.45) is 2.86. The first-order chi connectivity index (χ1) is 9.11. The normalized spacial score (nSPS) is 17.0. The molecular formula is C15H21N3O. The zero-order valence-corrected chi connectivity index (χ0v) is 11.9. The fourth-order valence-corrected chi connectivity index (χ4v) is 2.39. The Balaban J connectivity index is 2.15. The summed E-state index contributed by atoms with van der Waals surface area (Å²) in [6.45, 7) is 5.07. The molecule has 0 saturated carbocycles. The molecule has 0 aliphatic carbocycles. The van der Waals surface area contributed by atoms with E-state index in [1.807, 2.05) is 37.1 Å². The number of para-hydroxylation sites is 1. The van der Waals surface area contributed by atoms with Gasteiger partial charge in [-0.3, -0.25) is 0 Å². The minimum Gasteiger partial charge on any atom is -0.363 e. The summed E-state index contributed by atoms with van der Waals surface area (Å²) in [7, 11) is 1.98. The lowest BCUT2D eigenvalue weighted by atomic mass is 10.1. The fraction of sp³-hybridized carbons (Fsp3) is 0.467. The van der Waals surface area contributed by atoms with Gasteiger partial charge in [0.2, 0.25) is 0 Å². The van der Waals surface area contributed by atoms with Gasteiger partial charge in [0.15, 0.2) is 0 Å². The predicted octanol–water partition coefficient (Wildman–Crippen LogP) is 3.21. The number of nitrogens with zero attached hydrogens (tertiary/aromatic N) is 2. The van der Waals surface area contributed by atoms with Crippen molar-refractivity contribution in [1.82, 2.24) is 4.90 Å². The van der Waals surface area contributed by atoms with Gasteiger partial charge in [-0.15, -0.1) is 0 Å². The monoisotopic (exact) mass is 259 g/mol. The lowest BCUT2D eigenvalue weighted by Gasteiger charge is -2.13. The second-order valence-corrected chi connectivity index (χ2v) is 4.95. The Bertz CT molecular complexity index is 508. The molecule has 0 aromatic heterocycles. The molecule has 1 N–H and O–H groups in total. The maximum Gasteiger partial charge on any atom is 0.347 e. The Kier molecular flexibility index (Phi) is 4.20. The minimum atomic E-state index is -0.271. The van der Waals surface area contributed by atoms with Crippen molar-refractivity contribution in [3.05, 3.63) is 29.3 Å². The van der Waals surface area contributed by atoms with E-state index < -0.39 is 0 Å². The molecule has 2 rings (SSSR count). The Hall–Kier alpha value is -1.84. The van der Waals surface area contributed by atoms with Gasteiger partial charge < -0.3 is 10.2 Å². The van der Waals surface area contributed by atoms with Crippen LogP contribution in [0.5, 0.6) is 0 Å². The van der Waals surface area contributed by atoms with E-state index in [1.54, 1.807) is 0 Å². The van der Waals surface area contributed by atoms with E-state index in [-0.39, 0.29) is 6.03 Å². The van der Waals surface area contributed by atoms with Crippen molar-refractivity contribution in [3.8, 4) is 0 Å². The molecule has 0 unspecified atom stereocenters. The second-order valence-electron chi connectivity index (χ2n) is 4.95. The molecule has 0 spiro atoms. The quantitative estimate of drug-likeness (QED) is 0.886. The zero-order chi connectivity index (χ0) is 13.8. The summed E-state index contributed by atoms with van der Waals surface area (Å²) in [5, 5.41) is 2.92. The number of amides is 2. The van der Waals surface area contributed by atoms with Crippen LogP contribution in [-0.4, -0.2) is 30.4 Å². The van der Waals surface area contributed by atoms with Crippen LogP contribution in [0.3, 0.4) is 0 Å². The summed E-state index contributed by atoms with van der Waals surface area (Å²) in [6, 6.07) is 5.79. The van der Waals surface area contributed by atoms with Crippen molar-refractivity contribution in [2.75, 3.05) is 18.9 Å². The molecule has 0 atom stereocenters. The molecule has 1 heterocycles. The first-order valence-electron chi connectivity index (χ1n) is 6.80. The molecular weight excluding hydrogens is 238 g/mol. The van der Waals surface area contributed by atoms with Crippen LogP contribution in [0.25, 0.3) is 0 Å². The van der Waals surface area contributed by atoms with E-state index in [9.17, 15) is 4.79 Å². The number of nitrogens with one attached hydrogen (secondary N) is 1. The van der Waals surface area contributed by atoms with Gasteiger partial charge in [0, 0.05) is 25.7 Å². The van der Waals surface area contributed by atoms with Gasteiger partial charge in [0.25, 0.3) is 0 Å². The van der Waals surface area contributed by atoms with Gasteiger partial charge >= 0.3 is 6.03 Å². The van der Waals surface area contributed by atoms with E-state index in [2.05, 4.69) is 17.2 Å². The van der Waals surface area contributed by atoms with Crippen LogP contribution in [-0.2, 0) is 6.42 Å². The molecule has 4 nitrogen and oxygen atoms in total. The van der Waals surface area contributed by atoms with Gasteiger partial charge in [-0.2, -0.15) is 4.99 Å². The Labute approximate surface area is 114 Å². The van der Waals surface area contributed by atoms with Crippen LogP contribution in [0.15, 0.2) is 23.2 Å². The first kappa shape index (κ1) is 13.6. The standard InChI is InChI=1S/C15H21N3O/c1-4-12-8-5-7-11(2)14(12)17-15(19)16-13-9-6-10-18(13)3/h5,7-8H,4,6,9-10H2,1-3H3,(H,17,19). The molecule has 4 heteroatoms. The molecule has 1 aromatic carbocycles. The number of amidine groups is 1. The van der Waals surface area contributed by atoms with Crippen LogP contribution >= 0.6 is 0 Å².